The van der Waals surface area contributed by atoms with Gasteiger partial charge >= 0.3 is 0 Å². The fourth-order valence-electron chi connectivity index (χ4n) is 3.17. The maximum Gasteiger partial charge on any atom is 0.279 e. The Balaban J connectivity index is 1.52. The number of hydrogen-bond acceptors (Lipinski definition) is 2. The Bertz CT molecular complexity index is 807. The molecule has 0 bridgehead atoms. The van der Waals surface area contributed by atoms with Gasteiger partial charge in [0.25, 0.3) is 5.91 Å². The Kier molecular flexibility index (Phi) is 5.74. The van der Waals surface area contributed by atoms with Crippen molar-refractivity contribution in [1.29, 1.82) is 0 Å². The van der Waals surface area contributed by atoms with Crippen LogP contribution in [0.15, 0.2) is 36.4 Å². The second kappa shape index (κ2) is 8.01. The number of rotatable bonds is 4. The van der Waals surface area contributed by atoms with Gasteiger partial charge in [0, 0.05) is 22.5 Å². The van der Waals surface area contributed by atoms with Crippen molar-refractivity contribution in [3.05, 3.63) is 58.6 Å². The average molecular weight is 381 g/mol. The van der Waals surface area contributed by atoms with E-state index in [2.05, 4.69) is 17.1 Å². The summed E-state index contributed by atoms with van der Waals surface area (Å²) in [6, 6.07) is 9.20. The summed E-state index contributed by atoms with van der Waals surface area (Å²) in [6.07, 6.45) is 0. The molecule has 1 aliphatic heterocycles. The number of nitrogens with one attached hydrogen (secondary N) is 2. The van der Waals surface area contributed by atoms with Crippen LogP contribution in [0.25, 0.3) is 0 Å². The minimum atomic E-state index is -0.972. The lowest BCUT2D eigenvalue weighted by Gasteiger charge is -2.34. The number of anilines is 2. The second-order valence-electron chi connectivity index (χ2n) is 6.52. The first-order chi connectivity index (χ1) is 12.4. The van der Waals surface area contributed by atoms with Gasteiger partial charge in [-0.3, -0.25) is 4.79 Å². The van der Waals surface area contributed by atoms with Gasteiger partial charge in [-0.1, -0.05) is 17.7 Å². The van der Waals surface area contributed by atoms with Gasteiger partial charge in [0.15, 0.2) is 18.2 Å². The van der Waals surface area contributed by atoms with E-state index in [4.69, 9.17) is 11.6 Å². The zero-order chi connectivity index (χ0) is 18.7. The summed E-state index contributed by atoms with van der Waals surface area (Å²) in [5, 5.41) is 3.33. The molecule has 1 amide bonds. The molecule has 0 unspecified atom stereocenters. The molecular formula is C19H21ClF2N3O+. The number of carbonyl (C=O) groups is 1. The predicted molar refractivity (Wildman–Crippen MR) is 99.0 cm³/mol. The Labute approximate surface area is 156 Å². The lowest BCUT2D eigenvalue weighted by atomic mass is 10.1. The highest BCUT2D eigenvalue weighted by Crippen LogP contribution is 2.24. The van der Waals surface area contributed by atoms with Crippen LogP contribution in [0.2, 0.25) is 5.02 Å². The van der Waals surface area contributed by atoms with Crippen molar-refractivity contribution in [2.24, 2.45) is 0 Å². The van der Waals surface area contributed by atoms with E-state index in [1.165, 1.54) is 11.6 Å². The highest BCUT2D eigenvalue weighted by Gasteiger charge is 2.23. The quantitative estimate of drug-likeness (QED) is 0.853. The van der Waals surface area contributed by atoms with Gasteiger partial charge in [-0.05, 0) is 36.8 Å². The van der Waals surface area contributed by atoms with Crippen LogP contribution in [0.1, 0.15) is 5.56 Å². The molecule has 2 N–H and O–H groups in total. The average Bonchev–Trinajstić information content (AvgIpc) is 2.61. The molecule has 2 aromatic rings. The third kappa shape index (κ3) is 4.51. The van der Waals surface area contributed by atoms with Crippen LogP contribution in [0.4, 0.5) is 20.2 Å². The van der Waals surface area contributed by atoms with Crippen molar-refractivity contribution in [3.8, 4) is 0 Å². The Hall–Kier alpha value is -2.18. The zero-order valence-electron chi connectivity index (χ0n) is 14.5. The highest BCUT2D eigenvalue weighted by atomic mass is 35.5. The Morgan fingerprint density at radius 3 is 2.58 bits per heavy atom. The molecule has 138 valence electrons. The smallest absolute Gasteiger partial charge is 0.279 e. The van der Waals surface area contributed by atoms with E-state index in [1.807, 2.05) is 18.2 Å². The molecule has 1 heterocycles. The van der Waals surface area contributed by atoms with E-state index >= 15 is 0 Å². The molecule has 0 radical (unpaired) electrons. The van der Waals surface area contributed by atoms with E-state index in [-0.39, 0.29) is 11.6 Å². The van der Waals surface area contributed by atoms with Crippen molar-refractivity contribution < 1.29 is 18.5 Å². The van der Waals surface area contributed by atoms with Crippen LogP contribution < -0.4 is 15.1 Å². The first-order valence-electron chi connectivity index (χ1n) is 8.52. The molecule has 0 aliphatic carbocycles. The van der Waals surface area contributed by atoms with Gasteiger partial charge in [-0.25, -0.2) is 8.78 Å². The van der Waals surface area contributed by atoms with Gasteiger partial charge < -0.3 is 15.1 Å². The SMILES string of the molecule is Cc1ccc(Cl)cc1N1CC[NH+](CC(=O)Nc2ccc(F)c(F)c2)CC1. The fourth-order valence-corrected chi connectivity index (χ4v) is 3.34. The summed E-state index contributed by atoms with van der Waals surface area (Å²) in [5.74, 6) is -2.11. The second-order valence-corrected chi connectivity index (χ2v) is 6.96. The fraction of sp³-hybridized carbons (Fsp3) is 0.316. The van der Waals surface area contributed by atoms with Crippen molar-refractivity contribution in [1.82, 2.24) is 0 Å². The summed E-state index contributed by atoms with van der Waals surface area (Å²) in [5.41, 5.74) is 2.57. The van der Waals surface area contributed by atoms with Crippen molar-refractivity contribution in [2.45, 2.75) is 6.92 Å². The minimum Gasteiger partial charge on any atom is -0.360 e. The number of piperazine rings is 1. The molecule has 4 nitrogen and oxygen atoms in total. The van der Waals surface area contributed by atoms with Crippen molar-refractivity contribution >= 4 is 28.9 Å². The third-order valence-electron chi connectivity index (χ3n) is 4.60. The summed E-state index contributed by atoms with van der Waals surface area (Å²) < 4.78 is 26.1. The number of benzene rings is 2. The van der Waals surface area contributed by atoms with Crippen LogP contribution >= 0.6 is 11.6 Å². The Morgan fingerprint density at radius 2 is 1.88 bits per heavy atom. The highest BCUT2D eigenvalue weighted by molar-refractivity contribution is 6.30. The molecule has 1 saturated heterocycles. The van der Waals surface area contributed by atoms with Gasteiger partial charge in [0.1, 0.15) is 0 Å². The normalized spacial score (nSPS) is 15.2. The molecule has 0 aromatic heterocycles. The number of quaternary nitrogens is 1. The Morgan fingerprint density at radius 1 is 1.15 bits per heavy atom. The number of halogens is 3. The van der Waals surface area contributed by atoms with E-state index in [9.17, 15) is 13.6 Å². The topological polar surface area (TPSA) is 36.8 Å². The third-order valence-corrected chi connectivity index (χ3v) is 4.83. The molecule has 26 heavy (non-hydrogen) atoms. The lowest BCUT2D eigenvalue weighted by Crippen LogP contribution is -3.15. The standard InChI is InChI=1S/C19H20ClF2N3O/c1-13-2-3-14(20)10-18(13)25-8-6-24(7-9-25)12-19(26)23-15-4-5-16(21)17(22)11-15/h2-5,10-11H,6-9,12H2,1H3,(H,23,26)/p+1. The van der Waals surface area contributed by atoms with Crippen molar-refractivity contribution in [3.63, 3.8) is 0 Å². The first kappa shape index (κ1) is 18.6. The molecule has 7 heteroatoms. The minimum absolute atomic E-state index is 0.210. The molecule has 1 fully saturated rings. The van der Waals surface area contributed by atoms with Crippen molar-refractivity contribution in [2.75, 3.05) is 42.9 Å². The molecule has 0 saturated carbocycles. The van der Waals surface area contributed by atoms with E-state index < -0.39 is 11.6 Å². The summed E-state index contributed by atoms with van der Waals surface area (Å²) >= 11 is 6.10. The largest absolute Gasteiger partial charge is 0.360 e. The molecule has 1 aliphatic rings. The van der Waals surface area contributed by atoms with E-state index in [1.54, 1.807) is 0 Å². The van der Waals surface area contributed by atoms with E-state index in [0.29, 0.717) is 11.6 Å². The number of nitrogens with zero attached hydrogens (tertiary/aromatic N) is 1. The van der Waals surface area contributed by atoms with Crippen LogP contribution in [-0.2, 0) is 4.79 Å². The number of hydrogen-bond donors (Lipinski definition) is 2. The van der Waals surface area contributed by atoms with Crippen LogP contribution in [0.5, 0.6) is 0 Å². The number of amides is 1. The molecule has 0 spiro atoms. The lowest BCUT2D eigenvalue weighted by molar-refractivity contribution is -0.892. The summed E-state index contributed by atoms with van der Waals surface area (Å²) in [4.78, 5) is 15.6. The first-order valence-corrected chi connectivity index (χ1v) is 8.90. The van der Waals surface area contributed by atoms with Gasteiger partial charge in [0.05, 0.1) is 26.2 Å². The van der Waals surface area contributed by atoms with E-state index in [0.717, 1.165) is 48.9 Å². The van der Waals surface area contributed by atoms with Gasteiger partial charge in [-0.2, -0.15) is 0 Å². The zero-order valence-corrected chi connectivity index (χ0v) is 15.2. The molecule has 0 atom stereocenters. The van der Waals surface area contributed by atoms with Gasteiger partial charge in [0.2, 0.25) is 0 Å². The maximum absolute atomic E-state index is 13.2. The van der Waals surface area contributed by atoms with Gasteiger partial charge in [-0.15, -0.1) is 0 Å². The molecule has 2 aromatic carbocycles. The molecule has 3 rings (SSSR count). The molecular weight excluding hydrogens is 360 g/mol. The summed E-state index contributed by atoms with van der Waals surface area (Å²) in [6.45, 7) is 5.64. The monoisotopic (exact) mass is 380 g/mol. The summed E-state index contributed by atoms with van der Waals surface area (Å²) in [7, 11) is 0. The maximum atomic E-state index is 13.2. The van der Waals surface area contributed by atoms with Crippen LogP contribution in [-0.4, -0.2) is 38.6 Å². The van der Waals surface area contributed by atoms with Crippen LogP contribution in [0.3, 0.4) is 0 Å². The van der Waals surface area contributed by atoms with Crippen LogP contribution in [0, 0.1) is 18.6 Å². The number of aryl methyl sites for hydroxylation is 1. The number of carbonyl (C=O) groups excluding carboxylic acids is 1. The predicted octanol–water partition coefficient (Wildman–Crippen LogP) is 2.27.